The summed E-state index contributed by atoms with van der Waals surface area (Å²) in [6.45, 7) is 10.5. The number of hydrogen-bond donors (Lipinski definition) is 1. The zero-order chi connectivity index (χ0) is 35.4. The molecule has 1 N–H and O–H groups in total. The molecule has 9 heteroatoms. The minimum atomic E-state index is -3.81. The molecule has 254 valence electrons. The number of nitrogens with zero attached hydrogens (tertiary/aromatic N) is 1. The van der Waals surface area contributed by atoms with Crippen molar-refractivity contribution < 1.29 is 27.8 Å². The number of hydrogen-bond acceptors (Lipinski definition) is 4. The van der Waals surface area contributed by atoms with Crippen LogP contribution in [0.1, 0.15) is 58.1 Å². The van der Waals surface area contributed by atoms with E-state index in [0.29, 0.717) is 5.56 Å². The van der Waals surface area contributed by atoms with Gasteiger partial charge in [0, 0.05) is 13.3 Å². The lowest BCUT2D eigenvalue weighted by Crippen LogP contribution is -2.68. The van der Waals surface area contributed by atoms with Crippen LogP contribution in [0.3, 0.4) is 0 Å². The zero-order valence-corrected chi connectivity index (χ0v) is 30.7. The average Bonchev–Trinajstić information content (AvgIpc) is 3.41. The molecule has 0 amide bonds. The standard InChI is InChI=1S/C40H43FNO5PSi/c1-29(2)38-35(39(30-20-22-31(41)23-21-30)42-25-14-13-19-36(38)42)24-26-48(45,46-6)28-32(27-37(43)44)47-49(40(3,4)5,33-15-9-7-10-16-33)34-17-11-8-12-18-34/h7-23,25,29,32H,27-28H2,1-6H3,(H,43,44). The Morgan fingerprint density at radius 2 is 1.49 bits per heavy atom. The summed E-state index contributed by atoms with van der Waals surface area (Å²) in [7, 11) is -5.67. The van der Waals surface area contributed by atoms with Crippen molar-refractivity contribution in [1.82, 2.24) is 4.40 Å². The lowest BCUT2D eigenvalue weighted by molar-refractivity contribution is -0.138. The first-order chi connectivity index (χ1) is 23.3. The van der Waals surface area contributed by atoms with Crippen molar-refractivity contribution in [3.05, 3.63) is 126 Å². The fourth-order valence-corrected chi connectivity index (χ4v) is 12.9. The summed E-state index contributed by atoms with van der Waals surface area (Å²) in [5.74, 6) is 1.86. The van der Waals surface area contributed by atoms with Crippen molar-refractivity contribution in [2.45, 2.75) is 58.1 Å². The minimum absolute atomic E-state index is 0.0519. The van der Waals surface area contributed by atoms with E-state index >= 15 is 0 Å². The number of pyridine rings is 1. The van der Waals surface area contributed by atoms with Crippen LogP contribution >= 0.6 is 7.37 Å². The van der Waals surface area contributed by atoms with E-state index in [-0.39, 0.29) is 24.3 Å². The molecule has 0 spiro atoms. The van der Waals surface area contributed by atoms with Crippen LogP contribution in [0.25, 0.3) is 16.8 Å². The molecule has 0 fully saturated rings. The van der Waals surface area contributed by atoms with Crippen molar-refractivity contribution in [2.75, 3.05) is 13.3 Å². The molecule has 0 aliphatic rings. The highest BCUT2D eigenvalue weighted by Crippen LogP contribution is 2.48. The monoisotopic (exact) mass is 695 g/mol. The fraction of sp³-hybridized carbons (Fsp3) is 0.275. The SMILES string of the molecule is COP(=O)(C#Cc1c(C(C)C)c2ccccn2c1-c1ccc(F)cc1)CC(CC(=O)O)O[Si](c1ccccc1)(c1ccccc1)C(C)(C)C. The van der Waals surface area contributed by atoms with Gasteiger partial charge in [-0.25, -0.2) is 4.39 Å². The van der Waals surface area contributed by atoms with Crippen molar-refractivity contribution >= 4 is 37.5 Å². The van der Waals surface area contributed by atoms with Gasteiger partial charge in [0.15, 0.2) is 0 Å². The van der Waals surface area contributed by atoms with Gasteiger partial charge < -0.3 is 18.5 Å². The number of carboxylic acids is 1. The molecule has 2 aromatic heterocycles. The Kier molecular flexibility index (Phi) is 10.8. The Bertz CT molecular complexity index is 1990. The molecule has 0 aliphatic heterocycles. The second kappa shape index (κ2) is 14.7. The third-order valence-electron chi connectivity index (χ3n) is 8.83. The van der Waals surface area contributed by atoms with Crippen LogP contribution in [0.5, 0.6) is 0 Å². The van der Waals surface area contributed by atoms with Crippen LogP contribution in [-0.2, 0) is 18.3 Å². The summed E-state index contributed by atoms with van der Waals surface area (Å²) >= 11 is 0. The minimum Gasteiger partial charge on any atom is -0.481 e. The summed E-state index contributed by atoms with van der Waals surface area (Å²) in [4.78, 5) is 12.4. The van der Waals surface area contributed by atoms with Crippen LogP contribution in [-0.4, -0.2) is 43.2 Å². The van der Waals surface area contributed by atoms with E-state index in [9.17, 15) is 18.9 Å². The summed E-state index contributed by atoms with van der Waals surface area (Å²) in [5.41, 5.74) is 7.05. The fourth-order valence-electron chi connectivity index (χ4n) is 6.69. The molecule has 2 atom stereocenters. The molecule has 5 aromatic rings. The smallest absolute Gasteiger partial charge is 0.305 e. The first-order valence-corrected chi connectivity index (χ1v) is 20.1. The van der Waals surface area contributed by atoms with Crippen LogP contribution < -0.4 is 10.4 Å². The van der Waals surface area contributed by atoms with Crippen molar-refractivity contribution in [1.29, 1.82) is 0 Å². The van der Waals surface area contributed by atoms with Crippen LogP contribution in [0.2, 0.25) is 5.04 Å². The quantitative estimate of drug-likeness (QED) is 0.0852. The second-order valence-corrected chi connectivity index (χ2v) is 20.1. The van der Waals surface area contributed by atoms with Gasteiger partial charge in [-0.3, -0.25) is 9.36 Å². The highest BCUT2D eigenvalue weighted by molar-refractivity contribution is 7.64. The number of rotatable bonds is 11. The summed E-state index contributed by atoms with van der Waals surface area (Å²) in [6.07, 6.45) is 0.358. The van der Waals surface area contributed by atoms with Gasteiger partial charge in [-0.2, -0.15) is 0 Å². The van der Waals surface area contributed by atoms with E-state index in [2.05, 4.69) is 46.2 Å². The molecule has 0 aliphatic carbocycles. The Hall–Kier alpha value is -4.25. The van der Waals surface area contributed by atoms with Gasteiger partial charge in [0.25, 0.3) is 15.7 Å². The number of carboxylic acid groups (broad SMARTS) is 1. The van der Waals surface area contributed by atoms with Gasteiger partial charge in [-0.1, -0.05) is 107 Å². The molecule has 5 rings (SSSR count). The lowest BCUT2D eigenvalue weighted by atomic mass is 9.97. The summed E-state index contributed by atoms with van der Waals surface area (Å²) in [5, 5.41) is 11.6. The molecule has 0 saturated heterocycles. The highest BCUT2D eigenvalue weighted by Gasteiger charge is 2.52. The van der Waals surface area contributed by atoms with Gasteiger partial charge in [-0.05, 0) is 74.5 Å². The van der Waals surface area contributed by atoms with E-state index < -0.39 is 32.8 Å². The predicted octanol–water partition coefficient (Wildman–Crippen LogP) is 8.52. The normalized spacial score (nSPS) is 13.9. The Morgan fingerprint density at radius 1 is 0.918 bits per heavy atom. The highest BCUT2D eigenvalue weighted by atomic mass is 31.2. The second-order valence-electron chi connectivity index (χ2n) is 13.5. The molecule has 6 nitrogen and oxygen atoms in total. The number of aromatic nitrogens is 1. The number of fused-ring (bicyclic) bond motifs is 1. The first-order valence-electron chi connectivity index (χ1n) is 16.4. The van der Waals surface area contributed by atoms with Gasteiger partial charge in [0.05, 0.1) is 35.5 Å². The number of benzene rings is 3. The van der Waals surface area contributed by atoms with E-state index in [0.717, 1.165) is 32.7 Å². The molecule has 2 heterocycles. The van der Waals surface area contributed by atoms with E-state index in [4.69, 9.17) is 8.95 Å². The molecular formula is C40H43FNO5PSi. The van der Waals surface area contributed by atoms with E-state index in [1.54, 1.807) is 12.1 Å². The molecule has 0 saturated carbocycles. The Balaban J connectivity index is 1.65. The van der Waals surface area contributed by atoms with Crippen molar-refractivity contribution in [2.24, 2.45) is 0 Å². The maximum atomic E-state index is 14.6. The number of halogens is 1. The number of aliphatic carboxylic acids is 1. The third kappa shape index (κ3) is 7.51. The molecule has 0 radical (unpaired) electrons. The number of carbonyl (C=O) groups is 1. The van der Waals surface area contributed by atoms with Gasteiger partial charge in [0.2, 0.25) is 0 Å². The van der Waals surface area contributed by atoms with Crippen molar-refractivity contribution in [3.63, 3.8) is 0 Å². The maximum Gasteiger partial charge on any atom is 0.305 e. The van der Waals surface area contributed by atoms with Crippen molar-refractivity contribution in [3.8, 4) is 22.8 Å². The largest absolute Gasteiger partial charge is 0.481 e. The van der Waals surface area contributed by atoms with Gasteiger partial charge in [0.1, 0.15) is 5.82 Å². The molecule has 49 heavy (non-hydrogen) atoms. The molecule has 2 unspecified atom stereocenters. The van der Waals surface area contributed by atoms with Crippen LogP contribution in [0.15, 0.2) is 109 Å². The predicted molar refractivity (Wildman–Crippen MR) is 198 cm³/mol. The van der Waals surface area contributed by atoms with E-state index in [1.807, 2.05) is 89.5 Å². The van der Waals surface area contributed by atoms with Gasteiger partial charge in [-0.15, -0.1) is 0 Å². The first kappa shape index (κ1) is 36.0. The summed E-state index contributed by atoms with van der Waals surface area (Å²) < 4.78 is 43.5. The van der Waals surface area contributed by atoms with Crippen LogP contribution in [0.4, 0.5) is 4.39 Å². The zero-order valence-electron chi connectivity index (χ0n) is 28.8. The van der Waals surface area contributed by atoms with Crippen LogP contribution in [0, 0.1) is 17.4 Å². The Morgan fingerprint density at radius 3 is 2.00 bits per heavy atom. The topological polar surface area (TPSA) is 77.2 Å². The molecule has 3 aromatic carbocycles. The maximum absolute atomic E-state index is 14.6. The summed E-state index contributed by atoms with van der Waals surface area (Å²) in [6, 6.07) is 31.9. The average molecular weight is 696 g/mol. The van der Waals surface area contributed by atoms with E-state index in [1.165, 1.54) is 19.2 Å². The molecule has 0 bridgehead atoms. The van der Waals surface area contributed by atoms with Gasteiger partial charge >= 0.3 is 5.97 Å². The third-order valence-corrected chi connectivity index (χ3v) is 15.9. The Labute approximate surface area is 289 Å². The molecular weight excluding hydrogens is 652 g/mol. The lowest BCUT2D eigenvalue weighted by Gasteiger charge is -2.45.